The lowest BCUT2D eigenvalue weighted by molar-refractivity contribution is 0.341. The molecule has 0 aliphatic carbocycles. The van der Waals surface area contributed by atoms with E-state index in [9.17, 15) is 8.42 Å². The molecule has 1 aromatic carbocycles. The van der Waals surface area contributed by atoms with Crippen LogP contribution in [0.4, 0.5) is 0 Å². The molecule has 0 aromatic heterocycles. The van der Waals surface area contributed by atoms with E-state index in [1.54, 1.807) is 19.1 Å². The molecule has 0 atom stereocenters. The predicted molar refractivity (Wildman–Crippen MR) is 66.2 cm³/mol. The fourth-order valence-electron chi connectivity index (χ4n) is 1.34. The maximum Gasteiger partial charge on any atom is 0.488 e. The second-order valence-electron chi connectivity index (χ2n) is 3.87. The van der Waals surface area contributed by atoms with Gasteiger partial charge in [0.15, 0.2) is 9.84 Å². The van der Waals surface area contributed by atoms with Crippen LogP contribution in [0, 0.1) is 6.92 Å². The minimum absolute atomic E-state index is 0.0452. The average molecular weight is 258 g/mol. The highest BCUT2D eigenvalue weighted by molar-refractivity contribution is 7.90. The SMILES string of the molecule is Cc1cc(OCCS(C)(=O)=O)ccc1B(O)O. The Hall–Kier alpha value is -1.05. The van der Waals surface area contributed by atoms with Gasteiger partial charge in [0.2, 0.25) is 0 Å². The number of ether oxygens (including phenoxy) is 1. The quantitative estimate of drug-likeness (QED) is 0.668. The van der Waals surface area contributed by atoms with Crippen LogP contribution in [0.1, 0.15) is 5.56 Å². The molecule has 0 aliphatic heterocycles. The predicted octanol–water partition coefficient (Wildman–Crippen LogP) is -0.902. The molecule has 94 valence electrons. The molecule has 5 nitrogen and oxygen atoms in total. The van der Waals surface area contributed by atoms with E-state index in [2.05, 4.69) is 0 Å². The van der Waals surface area contributed by atoms with Crippen molar-refractivity contribution in [3.8, 4) is 5.75 Å². The highest BCUT2D eigenvalue weighted by Gasteiger charge is 2.14. The zero-order valence-corrected chi connectivity index (χ0v) is 10.6. The number of aryl methyl sites for hydroxylation is 1. The monoisotopic (exact) mass is 258 g/mol. The van der Waals surface area contributed by atoms with Crippen LogP contribution in [0.3, 0.4) is 0 Å². The molecule has 7 heteroatoms. The Labute approximate surface area is 101 Å². The van der Waals surface area contributed by atoms with Crippen molar-refractivity contribution < 1.29 is 23.2 Å². The lowest BCUT2D eigenvalue weighted by Gasteiger charge is -2.09. The first-order valence-electron chi connectivity index (χ1n) is 5.07. The molecule has 0 amide bonds. The zero-order valence-electron chi connectivity index (χ0n) is 9.75. The summed E-state index contributed by atoms with van der Waals surface area (Å²) in [6.07, 6.45) is 1.15. The van der Waals surface area contributed by atoms with Gasteiger partial charge in [-0.1, -0.05) is 6.07 Å². The van der Waals surface area contributed by atoms with Gasteiger partial charge in [0.1, 0.15) is 12.4 Å². The van der Waals surface area contributed by atoms with Crippen LogP contribution in [0.5, 0.6) is 5.75 Å². The summed E-state index contributed by atoms with van der Waals surface area (Å²) in [7, 11) is -4.54. The largest absolute Gasteiger partial charge is 0.493 e. The number of hydrogen-bond acceptors (Lipinski definition) is 5. The fraction of sp³-hybridized carbons (Fsp3) is 0.400. The molecule has 17 heavy (non-hydrogen) atoms. The first-order chi connectivity index (χ1) is 7.79. The summed E-state index contributed by atoms with van der Waals surface area (Å²) in [6.45, 7) is 1.80. The van der Waals surface area contributed by atoms with Gasteiger partial charge < -0.3 is 14.8 Å². The van der Waals surface area contributed by atoms with E-state index >= 15 is 0 Å². The molecule has 0 unspecified atom stereocenters. The van der Waals surface area contributed by atoms with Gasteiger partial charge in [-0.3, -0.25) is 0 Å². The maximum atomic E-state index is 10.9. The Morgan fingerprint density at radius 1 is 1.35 bits per heavy atom. The Morgan fingerprint density at radius 3 is 2.47 bits per heavy atom. The van der Waals surface area contributed by atoms with E-state index in [4.69, 9.17) is 14.8 Å². The minimum atomic E-state index is -3.03. The Kier molecular flexibility index (Phi) is 4.56. The van der Waals surface area contributed by atoms with Gasteiger partial charge in [-0.25, -0.2) is 8.42 Å². The van der Waals surface area contributed by atoms with Crippen LogP contribution >= 0.6 is 0 Å². The van der Waals surface area contributed by atoms with E-state index in [1.807, 2.05) is 0 Å². The van der Waals surface area contributed by atoms with Crippen LogP contribution < -0.4 is 10.2 Å². The minimum Gasteiger partial charge on any atom is -0.493 e. The number of hydrogen-bond donors (Lipinski definition) is 2. The Balaban J connectivity index is 2.65. The molecule has 0 aliphatic rings. The highest BCUT2D eigenvalue weighted by Crippen LogP contribution is 2.11. The van der Waals surface area contributed by atoms with Crippen molar-refractivity contribution in [2.45, 2.75) is 6.92 Å². The van der Waals surface area contributed by atoms with Crippen molar-refractivity contribution >= 4 is 22.4 Å². The molecular formula is C10H15BO5S. The van der Waals surface area contributed by atoms with Crippen LogP contribution in [0.25, 0.3) is 0 Å². The molecule has 0 saturated heterocycles. The molecule has 0 spiro atoms. The average Bonchev–Trinajstić information content (AvgIpc) is 2.15. The van der Waals surface area contributed by atoms with Gasteiger partial charge in [0.05, 0.1) is 5.75 Å². The molecule has 2 N–H and O–H groups in total. The van der Waals surface area contributed by atoms with Crippen LogP contribution in [0.2, 0.25) is 0 Å². The summed E-state index contributed by atoms with van der Waals surface area (Å²) in [6, 6.07) is 4.75. The molecule has 0 heterocycles. The van der Waals surface area contributed by atoms with Crippen molar-refractivity contribution in [2.24, 2.45) is 0 Å². The van der Waals surface area contributed by atoms with Crippen molar-refractivity contribution in [1.82, 2.24) is 0 Å². The van der Waals surface area contributed by atoms with Gasteiger partial charge in [-0.2, -0.15) is 0 Å². The normalized spacial score (nSPS) is 11.3. The molecule has 1 aromatic rings. The molecule has 0 saturated carbocycles. The maximum absolute atomic E-state index is 10.9. The molecule has 0 bridgehead atoms. The number of sulfone groups is 1. The number of rotatable bonds is 5. The van der Waals surface area contributed by atoms with E-state index in [0.717, 1.165) is 6.26 Å². The first-order valence-corrected chi connectivity index (χ1v) is 7.13. The van der Waals surface area contributed by atoms with Crippen molar-refractivity contribution in [1.29, 1.82) is 0 Å². The molecule has 0 fully saturated rings. The van der Waals surface area contributed by atoms with Crippen molar-refractivity contribution in [2.75, 3.05) is 18.6 Å². The van der Waals surface area contributed by atoms with Crippen LogP contribution in [-0.2, 0) is 9.84 Å². The first kappa shape index (κ1) is 14.0. The lowest BCUT2D eigenvalue weighted by Crippen LogP contribution is -2.31. The second kappa shape index (κ2) is 5.53. The van der Waals surface area contributed by atoms with E-state index in [1.165, 1.54) is 6.07 Å². The Bertz CT molecular complexity index is 483. The van der Waals surface area contributed by atoms with Gasteiger partial charge in [-0.05, 0) is 30.1 Å². The molecule has 1 rings (SSSR count). The molecular weight excluding hydrogens is 243 g/mol. The lowest BCUT2D eigenvalue weighted by atomic mass is 9.77. The second-order valence-corrected chi connectivity index (χ2v) is 6.13. The standard InChI is InChI=1S/C10H15BO5S/c1-8-7-9(3-4-10(8)11(12)13)16-5-6-17(2,14)15/h3-4,7,12-13H,5-6H2,1-2H3. The topological polar surface area (TPSA) is 83.8 Å². The van der Waals surface area contributed by atoms with Crippen LogP contribution in [0.15, 0.2) is 18.2 Å². The number of benzene rings is 1. The third-order valence-corrected chi connectivity index (χ3v) is 3.15. The summed E-state index contributed by atoms with van der Waals surface area (Å²) in [5.41, 5.74) is 1.08. The van der Waals surface area contributed by atoms with Gasteiger partial charge >= 0.3 is 7.12 Å². The summed E-state index contributed by atoms with van der Waals surface area (Å²) in [5.74, 6) is 0.465. The fourth-order valence-corrected chi connectivity index (χ4v) is 1.72. The smallest absolute Gasteiger partial charge is 0.488 e. The van der Waals surface area contributed by atoms with Gasteiger partial charge in [-0.15, -0.1) is 0 Å². The highest BCUT2D eigenvalue weighted by atomic mass is 32.2. The Morgan fingerprint density at radius 2 is 2.00 bits per heavy atom. The van der Waals surface area contributed by atoms with E-state index in [-0.39, 0.29) is 12.4 Å². The summed E-state index contributed by atoms with van der Waals surface area (Å²) >= 11 is 0. The molecule has 0 radical (unpaired) electrons. The third kappa shape index (κ3) is 4.76. The van der Waals surface area contributed by atoms with E-state index in [0.29, 0.717) is 16.8 Å². The zero-order chi connectivity index (χ0) is 13.1. The van der Waals surface area contributed by atoms with E-state index < -0.39 is 17.0 Å². The van der Waals surface area contributed by atoms with Gasteiger partial charge in [0, 0.05) is 6.26 Å². The van der Waals surface area contributed by atoms with Crippen molar-refractivity contribution in [3.63, 3.8) is 0 Å². The van der Waals surface area contributed by atoms with Crippen molar-refractivity contribution in [3.05, 3.63) is 23.8 Å². The summed E-state index contributed by atoms with van der Waals surface area (Å²) < 4.78 is 27.0. The van der Waals surface area contributed by atoms with Gasteiger partial charge in [0.25, 0.3) is 0 Å². The third-order valence-electron chi connectivity index (χ3n) is 2.24. The summed E-state index contributed by atoms with van der Waals surface area (Å²) in [4.78, 5) is 0. The summed E-state index contributed by atoms with van der Waals surface area (Å²) in [5, 5.41) is 18.0. The van der Waals surface area contributed by atoms with Crippen LogP contribution in [-0.4, -0.2) is 44.2 Å².